The second kappa shape index (κ2) is 6.46. The fourth-order valence-corrected chi connectivity index (χ4v) is 2.33. The average molecular weight is 313 g/mol. The fraction of sp³-hybridized carbons (Fsp3) is 0.429. The van der Waals surface area contributed by atoms with Gasteiger partial charge in [0.05, 0.1) is 17.3 Å². The van der Waals surface area contributed by atoms with E-state index < -0.39 is 0 Å². The van der Waals surface area contributed by atoms with Crippen LogP contribution in [0, 0.1) is 12.8 Å². The molecule has 0 amide bonds. The van der Waals surface area contributed by atoms with Gasteiger partial charge in [0.1, 0.15) is 12.2 Å². The molecule has 0 aliphatic heterocycles. The maximum atomic E-state index is 6.20. The molecular weight excluding hydrogens is 295 g/mol. The minimum Gasteiger partial charge on any atom is -0.377 e. The number of nitrogens with one attached hydrogen (secondary N) is 1. The van der Waals surface area contributed by atoms with Gasteiger partial charge >= 0.3 is 0 Å². The van der Waals surface area contributed by atoms with Gasteiger partial charge in [0, 0.05) is 11.6 Å². The lowest BCUT2D eigenvalue weighted by atomic mass is 10.2. The van der Waals surface area contributed by atoms with Crippen LogP contribution in [0.15, 0.2) is 18.5 Å². The molecule has 0 fully saturated rings. The Balaban J connectivity index is 2.09. The molecule has 0 atom stereocenters. The highest BCUT2D eigenvalue weighted by Crippen LogP contribution is 2.29. The lowest BCUT2D eigenvalue weighted by molar-refractivity contribution is 0.468. The lowest BCUT2D eigenvalue weighted by Crippen LogP contribution is -2.13. The molecule has 0 saturated heterocycles. The third kappa shape index (κ3) is 3.64. The van der Waals surface area contributed by atoms with Crippen molar-refractivity contribution in [3.63, 3.8) is 0 Å². The molecular formula is C14H18Cl2N4. The van der Waals surface area contributed by atoms with E-state index in [2.05, 4.69) is 29.2 Å². The summed E-state index contributed by atoms with van der Waals surface area (Å²) in [6.45, 7) is 7.63. The summed E-state index contributed by atoms with van der Waals surface area (Å²) in [5.41, 5.74) is 1.77. The number of benzene rings is 1. The zero-order chi connectivity index (χ0) is 14.7. The van der Waals surface area contributed by atoms with Crippen LogP contribution in [-0.2, 0) is 13.1 Å². The number of hydrogen-bond donors (Lipinski definition) is 1. The first-order valence-electron chi connectivity index (χ1n) is 6.53. The fourth-order valence-electron chi connectivity index (χ4n) is 1.88. The molecule has 0 aliphatic rings. The van der Waals surface area contributed by atoms with Crippen molar-refractivity contribution in [1.29, 1.82) is 0 Å². The Labute approximate surface area is 129 Å². The quantitative estimate of drug-likeness (QED) is 0.901. The maximum absolute atomic E-state index is 6.20. The van der Waals surface area contributed by atoms with Gasteiger partial charge in [0.25, 0.3) is 0 Å². The predicted octanol–water partition coefficient (Wildman–Crippen LogP) is 4.16. The largest absolute Gasteiger partial charge is 0.377 e. The summed E-state index contributed by atoms with van der Waals surface area (Å²) in [4.78, 5) is 4.27. The number of anilines is 1. The van der Waals surface area contributed by atoms with Gasteiger partial charge in [0.2, 0.25) is 0 Å². The Kier molecular flexibility index (Phi) is 4.89. The minimum atomic E-state index is 0.521. The molecule has 0 spiro atoms. The second-order valence-electron chi connectivity index (χ2n) is 5.19. The Morgan fingerprint density at radius 2 is 2.00 bits per heavy atom. The summed E-state index contributed by atoms with van der Waals surface area (Å²) in [6, 6.07) is 3.69. The molecule has 0 unspecified atom stereocenters. The van der Waals surface area contributed by atoms with E-state index in [9.17, 15) is 0 Å². The first kappa shape index (κ1) is 15.1. The van der Waals surface area contributed by atoms with Gasteiger partial charge in [-0.15, -0.1) is 0 Å². The second-order valence-corrected chi connectivity index (χ2v) is 6.00. The van der Waals surface area contributed by atoms with Crippen molar-refractivity contribution in [3.05, 3.63) is 39.9 Å². The topological polar surface area (TPSA) is 42.7 Å². The zero-order valence-corrected chi connectivity index (χ0v) is 13.3. The van der Waals surface area contributed by atoms with Crippen LogP contribution in [0.1, 0.15) is 25.2 Å². The molecule has 6 heteroatoms. The lowest BCUT2D eigenvalue weighted by Gasteiger charge is -2.12. The van der Waals surface area contributed by atoms with E-state index >= 15 is 0 Å². The third-order valence-electron chi connectivity index (χ3n) is 2.92. The highest BCUT2D eigenvalue weighted by atomic mass is 35.5. The summed E-state index contributed by atoms with van der Waals surface area (Å²) < 4.78 is 1.90. The van der Waals surface area contributed by atoms with E-state index in [1.54, 1.807) is 6.33 Å². The summed E-state index contributed by atoms with van der Waals surface area (Å²) >= 11 is 12.3. The highest BCUT2D eigenvalue weighted by Gasteiger charge is 2.08. The van der Waals surface area contributed by atoms with Crippen molar-refractivity contribution in [1.82, 2.24) is 14.8 Å². The van der Waals surface area contributed by atoms with Crippen LogP contribution < -0.4 is 5.32 Å². The van der Waals surface area contributed by atoms with Gasteiger partial charge < -0.3 is 5.32 Å². The normalized spacial score (nSPS) is 11.1. The Bertz CT molecular complexity index is 593. The number of rotatable bonds is 5. The predicted molar refractivity (Wildman–Crippen MR) is 83.4 cm³/mol. The van der Waals surface area contributed by atoms with E-state index in [-0.39, 0.29) is 0 Å². The van der Waals surface area contributed by atoms with Crippen molar-refractivity contribution >= 4 is 28.9 Å². The molecule has 1 aromatic heterocycles. The first-order chi connectivity index (χ1) is 9.47. The van der Waals surface area contributed by atoms with E-state index in [4.69, 9.17) is 23.2 Å². The molecule has 20 heavy (non-hydrogen) atoms. The smallest absolute Gasteiger partial charge is 0.146 e. The average Bonchev–Trinajstić information content (AvgIpc) is 2.79. The molecule has 1 aromatic carbocycles. The van der Waals surface area contributed by atoms with E-state index in [0.29, 0.717) is 22.5 Å². The third-order valence-corrected chi connectivity index (χ3v) is 3.64. The van der Waals surface area contributed by atoms with Gasteiger partial charge in [0.15, 0.2) is 0 Å². The molecule has 0 bridgehead atoms. The first-order valence-corrected chi connectivity index (χ1v) is 7.29. The van der Waals surface area contributed by atoms with Gasteiger partial charge in [-0.2, -0.15) is 5.10 Å². The molecule has 2 rings (SSSR count). The summed E-state index contributed by atoms with van der Waals surface area (Å²) in [7, 11) is 0. The molecule has 0 saturated carbocycles. The van der Waals surface area contributed by atoms with Crippen LogP contribution in [0.2, 0.25) is 10.0 Å². The Morgan fingerprint density at radius 3 is 2.70 bits per heavy atom. The van der Waals surface area contributed by atoms with Crippen molar-refractivity contribution < 1.29 is 0 Å². The summed E-state index contributed by atoms with van der Waals surface area (Å²) in [6.07, 6.45) is 1.57. The van der Waals surface area contributed by atoms with Gasteiger partial charge in [-0.1, -0.05) is 37.0 Å². The standard InChI is InChI=1S/C14H18Cl2N4/c1-9(2)7-20-14(18-8-19-20)6-17-13-5-11(15)10(3)4-12(13)16/h4-5,8-9,17H,6-7H2,1-3H3. The number of hydrogen-bond acceptors (Lipinski definition) is 3. The molecule has 2 aromatic rings. The maximum Gasteiger partial charge on any atom is 0.146 e. The van der Waals surface area contributed by atoms with Gasteiger partial charge in [-0.05, 0) is 30.5 Å². The van der Waals surface area contributed by atoms with Crippen molar-refractivity contribution in [3.8, 4) is 0 Å². The molecule has 1 N–H and O–H groups in total. The zero-order valence-electron chi connectivity index (χ0n) is 11.8. The van der Waals surface area contributed by atoms with E-state index in [0.717, 1.165) is 23.6 Å². The summed E-state index contributed by atoms with van der Waals surface area (Å²) in [5.74, 6) is 1.40. The van der Waals surface area contributed by atoms with Crippen LogP contribution in [0.5, 0.6) is 0 Å². The van der Waals surface area contributed by atoms with Crippen LogP contribution in [0.4, 0.5) is 5.69 Å². The highest BCUT2D eigenvalue weighted by molar-refractivity contribution is 6.35. The monoisotopic (exact) mass is 312 g/mol. The van der Waals surface area contributed by atoms with E-state index in [1.807, 2.05) is 23.7 Å². The van der Waals surface area contributed by atoms with E-state index in [1.165, 1.54) is 0 Å². The van der Waals surface area contributed by atoms with Crippen molar-refractivity contribution in [2.75, 3.05) is 5.32 Å². The molecule has 1 heterocycles. The molecule has 4 nitrogen and oxygen atoms in total. The van der Waals surface area contributed by atoms with Crippen molar-refractivity contribution in [2.24, 2.45) is 5.92 Å². The van der Waals surface area contributed by atoms with Crippen LogP contribution in [0.3, 0.4) is 0 Å². The number of halogens is 2. The van der Waals surface area contributed by atoms with Crippen molar-refractivity contribution in [2.45, 2.75) is 33.9 Å². The van der Waals surface area contributed by atoms with Crippen LogP contribution in [0.25, 0.3) is 0 Å². The SMILES string of the molecule is Cc1cc(Cl)c(NCc2ncnn2CC(C)C)cc1Cl. The van der Waals surface area contributed by atoms with Gasteiger partial charge in [-0.3, -0.25) is 0 Å². The van der Waals surface area contributed by atoms with Crippen LogP contribution >= 0.6 is 23.2 Å². The Morgan fingerprint density at radius 1 is 1.25 bits per heavy atom. The number of aryl methyl sites for hydroxylation is 1. The Hall–Kier alpha value is -1.26. The minimum absolute atomic E-state index is 0.521. The van der Waals surface area contributed by atoms with Gasteiger partial charge in [-0.25, -0.2) is 9.67 Å². The molecule has 108 valence electrons. The molecule has 0 aliphatic carbocycles. The number of aromatic nitrogens is 3. The van der Waals surface area contributed by atoms with Crippen LogP contribution in [-0.4, -0.2) is 14.8 Å². The molecule has 0 radical (unpaired) electrons. The summed E-state index contributed by atoms with van der Waals surface area (Å²) in [5, 5.41) is 8.84. The number of nitrogens with zero attached hydrogens (tertiary/aromatic N) is 3.